The Morgan fingerprint density at radius 3 is 1.87 bits per heavy atom. The molecule has 9 atom stereocenters. The van der Waals surface area contributed by atoms with Crippen LogP contribution in [0.2, 0.25) is 0 Å². The minimum Gasteiger partial charge on any atom is -0.394 e. The van der Waals surface area contributed by atoms with Crippen molar-refractivity contribution in [3.05, 3.63) is 0 Å². The van der Waals surface area contributed by atoms with E-state index < -0.39 is 74.6 Å². The SMILES string of the molecule is O[13CH2][13CH]1O[13CH](O[13C@]2([13CH2]O)O[13CH]([13CH2]O)[13CH](O)[13CH]2O)[13CH](O)[13CH](O)[13CH]1O. The predicted octanol–water partition coefficient (Wildman–Crippen LogP) is -5.40. The van der Waals surface area contributed by atoms with Gasteiger partial charge in [-0.2, -0.15) is 0 Å². The number of hydrogen-bond acceptors (Lipinski definition) is 11. The van der Waals surface area contributed by atoms with Crippen molar-refractivity contribution in [3.8, 4) is 0 Å². The monoisotopic (exact) mass is 354 g/mol. The number of ether oxygens (including phenoxy) is 3. The van der Waals surface area contributed by atoms with Crippen LogP contribution in [0, 0.1) is 0 Å². The molecule has 2 rings (SSSR count). The van der Waals surface area contributed by atoms with Crippen LogP contribution < -0.4 is 0 Å². The van der Waals surface area contributed by atoms with Gasteiger partial charge in [-0.05, 0) is 0 Å². The van der Waals surface area contributed by atoms with Gasteiger partial charge in [0.15, 0.2) is 6.29 Å². The molecule has 8 unspecified atom stereocenters. The van der Waals surface area contributed by atoms with Gasteiger partial charge < -0.3 is 55.1 Å². The van der Waals surface area contributed by atoms with Crippen LogP contribution in [0.4, 0.5) is 0 Å². The van der Waals surface area contributed by atoms with E-state index in [4.69, 9.17) is 24.4 Å². The molecule has 23 heavy (non-hydrogen) atoms. The second kappa shape index (κ2) is 7.21. The van der Waals surface area contributed by atoms with Gasteiger partial charge in [-0.1, -0.05) is 0 Å². The summed E-state index contributed by atoms with van der Waals surface area (Å²) in [5, 5.41) is 76.7. The molecule has 2 fully saturated rings. The van der Waals surface area contributed by atoms with Crippen molar-refractivity contribution >= 4 is 0 Å². The maximum Gasteiger partial charge on any atom is 0.224 e. The molecular weight excluding hydrogens is 332 g/mol. The maximum atomic E-state index is 10.00. The Balaban J connectivity index is 2.18. The molecule has 2 heterocycles. The first-order valence-electron chi connectivity index (χ1n) is 7.05. The van der Waals surface area contributed by atoms with E-state index in [0.29, 0.717) is 0 Å². The predicted molar refractivity (Wildman–Crippen MR) is 68.6 cm³/mol. The van der Waals surface area contributed by atoms with E-state index in [0.717, 1.165) is 0 Å². The molecule has 0 spiro atoms. The molecule has 0 aromatic heterocycles. The van der Waals surface area contributed by atoms with Gasteiger partial charge in [0.1, 0.15) is 49.3 Å². The number of aliphatic hydroxyl groups is 8. The van der Waals surface area contributed by atoms with Crippen LogP contribution in [0.3, 0.4) is 0 Å². The number of hydrogen-bond donors (Lipinski definition) is 8. The largest absolute Gasteiger partial charge is 0.394 e. The third kappa shape index (κ3) is 3.23. The Morgan fingerprint density at radius 2 is 1.39 bits per heavy atom. The molecule has 8 N–H and O–H groups in total. The van der Waals surface area contributed by atoms with Crippen LogP contribution in [0.5, 0.6) is 0 Å². The molecule has 0 amide bonds. The maximum absolute atomic E-state index is 10.00. The summed E-state index contributed by atoms with van der Waals surface area (Å²) in [6, 6.07) is 0. The Labute approximate surface area is 130 Å². The zero-order valence-corrected chi connectivity index (χ0v) is 12.0. The molecule has 0 aromatic rings. The van der Waals surface area contributed by atoms with Gasteiger partial charge in [0.25, 0.3) is 0 Å². The zero-order chi connectivity index (χ0) is 17.4. The first kappa shape index (κ1) is 18.9. The summed E-state index contributed by atoms with van der Waals surface area (Å²) in [7, 11) is 0. The molecule has 2 aliphatic rings. The highest BCUT2D eigenvalue weighted by Crippen LogP contribution is 2.35. The highest BCUT2D eigenvalue weighted by atomic mass is 17.0. The average Bonchev–Trinajstić information content (AvgIpc) is 2.80. The summed E-state index contributed by atoms with van der Waals surface area (Å²) in [6.07, 6.45) is -12.7. The lowest BCUT2D eigenvalue weighted by Crippen LogP contribution is -2.62. The van der Waals surface area contributed by atoms with Crippen LogP contribution >= 0.6 is 0 Å². The molecule has 0 bridgehead atoms. The third-order valence-electron chi connectivity index (χ3n) is 4.07. The van der Waals surface area contributed by atoms with E-state index in [-0.39, 0.29) is 0 Å². The van der Waals surface area contributed by atoms with Gasteiger partial charge in [0, 0.05) is 0 Å². The molecule has 0 saturated carbocycles. The van der Waals surface area contributed by atoms with Crippen LogP contribution in [-0.2, 0) is 14.2 Å². The highest BCUT2D eigenvalue weighted by molar-refractivity contribution is 4.98. The smallest absolute Gasteiger partial charge is 0.224 e. The van der Waals surface area contributed by atoms with Crippen molar-refractivity contribution in [2.75, 3.05) is 19.8 Å². The first-order valence-corrected chi connectivity index (χ1v) is 7.05. The Hall–Kier alpha value is -0.440. The quantitative estimate of drug-likeness (QED) is 0.220. The molecule has 0 aromatic carbocycles. The molecular formula is C12H22O11. The van der Waals surface area contributed by atoms with Crippen molar-refractivity contribution in [1.82, 2.24) is 0 Å². The first-order chi connectivity index (χ1) is 10.8. The summed E-state index contributed by atoms with van der Waals surface area (Å²) in [4.78, 5) is 0. The van der Waals surface area contributed by atoms with E-state index in [2.05, 4.69) is 0 Å². The lowest BCUT2D eigenvalue weighted by Gasteiger charge is -2.43. The lowest BCUT2D eigenvalue weighted by molar-refractivity contribution is -0.383. The molecule has 0 radical (unpaired) electrons. The van der Waals surface area contributed by atoms with Gasteiger partial charge in [0.05, 0.1) is 13.2 Å². The van der Waals surface area contributed by atoms with Crippen molar-refractivity contribution in [2.45, 2.75) is 54.8 Å². The van der Waals surface area contributed by atoms with Crippen molar-refractivity contribution in [2.24, 2.45) is 0 Å². The van der Waals surface area contributed by atoms with E-state index in [1.807, 2.05) is 0 Å². The minimum absolute atomic E-state index is 0.669. The Bertz CT molecular complexity index is 393. The second-order valence-electron chi connectivity index (χ2n) is 5.56. The summed E-state index contributed by atoms with van der Waals surface area (Å²) >= 11 is 0. The van der Waals surface area contributed by atoms with Gasteiger partial charge >= 0.3 is 0 Å². The normalized spacial score (nSPS) is 51.1. The fourth-order valence-electron chi connectivity index (χ4n) is 2.63. The molecule has 11 nitrogen and oxygen atoms in total. The fourth-order valence-corrected chi connectivity index (χ4v) is 2.63. The van der Waals surface area contributed by atoms with Crippen LogP contribution in [0.1, 0.15) is 0 Å². The van der Waals surface area contributed by atoms with Crippen molar-refractivity contribution < 1.29 is 55.1 Å². The van der Waals surface area contributed by atoms with Crippen LogP contribution in [-0.4, -0.2) is 115 Å². The second-order valence-corrected chi connectivity index (χ2v) is 5.56. The zero-order valence-electron chi connectivity index (χ0n) is 12.0. The molecule has 2 aliphatic heterocycles. The van der Waals surface area contributed by atoms with Crippen molar-refractivity contribution in [3.63, 3.8) is 0 Å². The van der Waals surface area contributed by atoms with Gasteiger partial charge in [0.2, 0.25) is 5.79 Å². The summed E-state index contributed by atoms with van der Waals surface area (Å²) in [6.45, 7) is -2.32. The fraction of sp³-hybridized carbons (Fsp3) is 1.00. The van der Waals surface area contributed by atoms with E-state index in [9.17, 15) is 30.6 Å². The lowest BCUT2D eigenvalue weighted by atomic mass is 10.9. The summed E-state index contributed by atoms with van der Waals surface area (Å²) < 4.78 is 15.4. The van der Waals surface area contributed by atoms with E-state index in [1.54, 1.807) is 0 Å². The van der Waals surface area contributed by atoms with Gasteiger partial charge in [-0.15, -0.1) is 0 Å². The summed E-state index contributed by atoms with van der Waals surface area (Å²) in [5.41, 5.74) is 0. The van der Waals surface area contributed by atoms with Crippen LogP contribution in [0.25, 0.3) is 0 Å². The van der Waals surface area contributed by atoms with E-state index in [1.165, 1.54) is 0 Å². The van der Waals surface area contributed by atoms with Gasteiger partial charge in [-0.25, -0.2) is 0 Å². The highest BCUT2D eigenvalue weighted by Gasteiger charge is 2.58. The molecule has 0 aliphatic carbocycles. The number of aliphatic hydroxyl groups excluding tert-OH is 8. The Kier molecular flexibility index (Phi) is 5.92. The molecule has 2 saturated heterocycles. The topological polar surface area (TPSA) is 190 Å². The van der Waals surface area contributed by atoms with Gasteiger partial charge in [-0.3, -0.25) is 0 Å². The third-order valence-corrected chi connectivity index (χ3v) is 4.07. The summed E-state index contributed by atoms with van der Waals surface area (Å²) in [5.74, 6) is -2.22. The van der Waals surface area contributed by atoms with E-state index >= 15 is 0 Å². The van der Waals surface area contributed by atoms with Crippen LogP contribution in [0.15, 0.2) is 0 Å². The number of rotatable bonds is 5. The minimum atomic E-state index is -2.22. The molecule has 136 valence electrons. The Morgan fingerprint density at radius 1 is 0.783 bits per heavy atom. The average molecular weight is 354 g/mol. The van der Waals surface area contributed by atoms with Crippen molar-refractivity contribution in [1.29, 1.82) is 0 Å². The molecule has 11 heteroatoms. The standard InChI is InChI=1S/C12H22O11/c13-1-4-6(16)8(18)9(19)11(21-4)23-12(3-15)10(20)7(17)5(2-14)22-12/h4-11,13-20H,1-3H2/t4?,5?,6?,7?,8?,9?,10?,11?,12-/m0/s1/i1+1,2+1,3+1,4+1,5+1,6+1,7+1,8+1,9+1,10+1,11+1,12+1.